The SMILES string of the molecule is O=C(Nc1ccc(OC(=O)OC2CCCCC2)c(C(=O)O)c1)OC1CCCCC1. The summed E-state index contributed by atoms with van der Waals surface area (Å²) in [6.45, 7) is 0. The first-order valence-corrected chi connectivity index (χ1v) is 10.2. The van der Waals surface area contributed by atoms with E-state index in [0.29, 0.717) is 0 Å². The van der Waals surface area contributed by atoms with Crippen LogP contribution in [0.4, 0.5) is 15.3 Å². The molecule has 0 aliphatic heterocycles. The lowest BCUT2D eigenvalue weighted by Crippen LogP contribution is -2.24. The van der Waals surface area contributed by atoms with Crippen molar-refractivity contribution < 1.29 is 33.7 Å². The summed E-state index contributed by atoms with van der Waals surface area (Å²) < 4.78 is 15.7. The van der Waals surface area contributed by atoms with Gasteiger partial charge < -0.3 is 19.3 Å². The first-order chi connectivity index (χ1) is 14.0. The second kappa shape index (κ2) is 10.1. The summed E-state index contributed by atoms with van der Waals surface area (Å²) in [5.41, 5.74) is -0.00253. The fraction of sp³-hybridized carbons (Fsp3) is 0.571. The van der Waals surface area contributed by atoms with Crippen LogP contribution in [-0.4, -0.2) is 35.5 Å². The zero-order valence-electron chi connectivity index (χ0n) is 16.4. The Bertz CT molecular complexity index is 737. The molecule has 0 unspecified atom stereocenters. The predicted molar refractivity (Wildman–Crippen MR) is 104 cm³/mol. The molecule has 0 heterocycles. The van der Waals surface area contributed by atoms with Gasteiger partial charge in [-0.15, -0.1) is 0 Å². The average molecular weight is 405 g/mol. The molecule has 2 fully saturated rings. The summed E-state index contributed by atoms with van der Waals surface area (Å²) >= 11 is 0. The van der Waals surface area contributed by atoms with E-state index < -0.39 is 18.2 Å². The van der Waals surface area contributed by atoms with Crippen LogP contribution < -0.4 is 10.1 Å². The number of hydrogen-bond donors (Lipinski definition) is 2. The van der Waals surface area contributed by atoms with E-state index >= 15 is 0 Å². The van der Waals surface area contributed by atoms with Gasteiger partial charge in [-0.2, -0.15) is 0 Å². The number of anilines is 1. The molecule has 0 spiro atoms. The molecule has 158 valence electrons. The number of carboxylic acids is 1. The van der Waals surface area contributed by atoms with Crippen LogP contribution in [0.1, 0.15) is 74.6 Å². The van der Waals surface area contributed by atoms with Gasteiger partial charge in [-0.05, 0) is 69.6 Å². The summed E-state index contributed by atoms with van der Waals surface area (Å²) in [7, 11) is 0. The third-order valence-electron chi connectivity index (χ3n) is 5.29. The Balaban J connectivity index is 1.59. The van der Waals surface area contributed by atoms with Gasteiger partial charge in [0.2, 0.25) is 0 Å². The monoisotopic (exact) mass is 405 g/mol. The topological polar surface area (TPSA) is 111 Å². The molecular formula is C21H27NO7. The van der Waals surface area contributed by atoms with Crippen LogP contribution in [0.3, 0.4) is 0 Å². The number of hydrogen-bond acceptors (Lipinski definition) is 6. The molecule has 1 aromatic carbocycles. The van der Waals surface area contributed by atoms with Crippen LogP contribution in [0.15, 0.2) is 18.2 Å². The van der Waals surface area contributed by atoms with E-state index in [1.807, 2.05) is 0 Å². The van der Waals surface area contributed by atoms with Crippen molar-refractivity contribution >= 4 is 23.9 Å². The highest BCUT2D eigenvalue weighted by Crippen LogP contribution is 2.26. The van der Waals surface area contributed by atoms with Gasteiger partial charge in [-0.3, -0.25) is 5.32 Å². The lowest BCUT2D eigenvalue weighted by atomic mass is 9.98. The lowest BCUT2D eigenvalue weighted by molar-refractivity contribution is 0.0412. The van der Waals surface area contributed by atoms with Gasteiger partial charge in [0.15, 0.2) is 0 Å². The number of benzene rings is 1. The number of aromatic carboxylic acids is 1. The minimum Gasteiger partial charge on any atom is -0.478 e. The third-order valence-corrected chi connectivity index (χ3v) is 5.29. The molecule has 2 aliphatic carbocycles. The van der Waals surface area contributed by atoms with Gasteiger partial charge in [0, 0.05) is 5.69 Å². The van der Waals surface area contributed by atoms with E-state index in [1.54, 1.807) is 0 Å². The van der Waals surface area contributed by atoms with Crippen LogP contribution in [-0.2, 0) is 9.47 Å². The third kappa shape index (κ3) is 6.37. The first-order valence-electron chi connectivity index (χ1n) is 10.2. The van der Waals surface area contributed by atoms with Gasteiger partial charge in [-0.1, -0.05) is 12.8 Å². The number of carboxylic acid groups (broad SMARTS) is 1. The fourth-order valence-electron chi connectivity index (χ4n) is 3.78. The van der Waals surface area contributed by atoms with Gasteiger partial charge in [-0.25, -0.2) is 14.4 Å². The van der Waals surface area contributed by atoms with Crippen LogP contribution in [0.2, 0.25) is 0 Å². The van der Waals surface area contributed by atoms with Gasteiger partial charge in [0.1, 0.15) is 23.5 Å². The number of carbonyl (C=O) groups is 3. The molecule has 0 atom stereocenters. The van der Waals surface area contributed by atoms with Gasteiger partial charge >= 0.3 is 18.2 Å². The van der Waals surface area contributed by atoms with Gasteiger partial charge in [0.25, 0.3) is 0 Å². The Hall–Kier alpha value is -2.77. The largest absolute Gasteiger partial charge is 0.514 e. The molecule has 1 amide bonds. The number of nitrogens with one attached hydrogen (secondary N) is 1. The number of rotatable bonds is 5. The van der Waals surface area contributed by atoms with E-state index in [4.69, 9.17) is 14.2 Å². The summed E-state index contributed by atoms with van der Waals surface area (Å²) in [5, 5.41) is 12.0. The highest BCUT2D eigenvalue weighted by molar-refractivity contribution is 5.94. The number of ether oxygens (including phenoxy) is 3. The van der Waals surface area contributed by atoms with Crippen molar-refractivity contribution in [3.63, 3.8) is 0 Å². The van der Waals surface area contributed by atoms with Crippen LogP contribution in [0.25, 0.3) is 0 Å². The molecule has 3 rings (SSSR count). The molecule has 0 radical (unpaired) electrons. The van der Waals surface area contributed by atoms with E-state index in [1.165, 1.54) is 18.2 Å². The number of amides is 1. The molecule has 2 aliphatic rings. The Kier molecular flexibility index (Phi) is 7.32. The Labute approximate surface area is 169 Å². The summed E-state index contributed by atoms with van der Waals surface area (Å²) in [6.07, 6.45) is 7.71. The molecule has 1 aromatic rings. The van der Waals surface area contributed by atoms with Crippen molar-refractivity contribution in [3.8, 4) is 5.75 Å². The van der Waals surface area contributed by atoms with Crippen LogP contribution in [0, 0.1) is 0 Å². The van der Waals surface area contributed by atoms with Crippen LogP contribution in [0.5, 0.6) is 5.75 Å². The lowest BCUT2D eigenvalue weighted by Gasteiger charge is -2.22. The molecule has 2 N–H and O–H groups in total. The maximum atomic E-state index is 12.1. The minimum absolute atomic E-state index is 0.111. The van der Waals surface area contributed by atoms with Crippen molar-refractivity contribution in [3.05, 3.63) is 23.8 Å². The molecule has 8 nitrogen and oxygen atoms in total. The summed E-state index contributed by atoms with van der Waals surface area (Å²) in [5.74, 6) is -1.42. The van der Waals surface area contributed by atoms with E-state index in [-0.39, 0.29) is 29.2 Å². The van der Waals surface area contributed by atoms with E-state index in [0.717, 1.165) is 64.2 Å². The Morgan fingerprint density at radius 3 is 2.03 bits per heavy atom. The molecule has 2 saturated carbocycles. The zero-order chi connectivity index (χ0) is 20.6. The first kappa shape index (κ1) is 21.0. The average Bonchev–Trinajstić information content (AvgIpc) is 2.70. The molecule has 0 aromatic heterocycles. The smallest absolute Gasteiger partial charge is 0.478 e. The number of carbonyl (C=O) groups excluding carboxylic acids is 2. The van der Waals surface area contributed by atoms with Crippen molar-refractivity contribution in [1.29, 1.82) is 0 Å². The summed E-state index contributed by atoms with van der Waals surface area (Å²) in [6, 6.07) is 4.01. The second-order valence-electron chi connectivity index (χ2n) is 7.54. The van der Waals surface area contributed by atoms with Crippen molar-refractivity contribution in [2.24, 2.45) is 0 Å². The Morgan fingerprint density at radius 2 is 1.45 bits per heavy atom. The van der Waals surface area contributed by atoms with Crippen molar-refractivity contribution in [1.82, 2.24) is 0 Å². The maximum absolute atomic E-state index is 12.1. The van der Waals surface area contributed by atoms with E-state index in [9.17, 15) is 19.5 Å². The normalized spacial score (nSPS) is 17.9. The Morgan fingerprint density at radius 1 is 0.862 bits per heavy atom. The zero-order valence-corrected chi connectivity index (χ0v) is 16.4. The van der Waals surface area contributed by atoms with E-state index in [2.05, 4.69) is 5.32 Å². The molecular weight excluding hydrogens is 378 g/mol. The maximum Gasteiger partial charge on any atom is 0.514 e. The minimum atomic E-state index is -1.28. The standard InChI is InChI=1S/C21H27NO7/c23-19(24)17-13-14(22-20(25)27-15-7-3-1-4-8-15)11-12-18(17)29-21(26)28-16-9-5-2-6-10-16/h11-13,15-16H,1-10H2,(H,22,25)(H,23,24). The highest BCUT2D eigenvalue weighted by Gasteiger charge is 2.22. The molecule has 0 saturated heterocycles. The molecule has 8 heteroatoms. The van der Waals surface area contributed by atoms with Crippen LogP contribution >= 0.6 is 0 Å². The van der Waals surface area contributed by atoms with Crippen molar-refractivity contribution in [2.45, 2.75) is 76.4 Å². The summed E-state index contributed by atoms with van der Waals surface area (Å²) in [4.78, 5) is 35.6. The predicted octanol–water partition coefficient (Wildman–Crippen LogP) is 5.11. The fourth-order valence-corrected chi connectivity index (χ4v) is 3.78. The molecule has 29 heavy (non-hydrogen) atoms. The van der Waals surface area contributed by atoms with Crippen molar-refractivity contribution in [2.75, 3.05) is 5.32 Å². The molecule has 0 bridgehead atoms. The quantitative estimate of drug-likeness (QED) is 0.517. The van der Waals surface area contributed by atoms with Gasteiger partial charge in [0.05, 0.1) is 0 Å². The highest BCUT2D eigenvalue weighted by atomic mass is 16.7. The second-order valence-corrected chi connectivity index (χ2v) is 7.54.